The van der Waals surface area contributed by atoms with E-state index in [0.29, 0.717) is 12.0 Å². The first-order chi connectivity index (χ1) is 7.72. The molecular weight excluding hydrogens is 200 g/mol. The van der Waals surface area contributed by atoms with Crippen molar-refractivity contribution in [3.63, 3.8) is 0 Å². The van der Waals surface area contributed by atoms with Crippen molar-refractivity contribution in [3.05, 3.63) is 0 Å². The molecule has 3 heteroatoms. The van der Waals surface area contributed by atoms with Crippen molar-refractivity contribution in [2.75, 3.05) is 32.8 Å². The fraction of sp³-hybridized carbons (Fsp3) is 1.00. The van der Waals surface area contributed by atoms with Crippen molar-refractivity contribution in [1.82, 2.24) is 10.2 Å². The molecule has 2 atom stereocenters. The number of morpholine rings is 1. The molecule has 4 aliphatic heterocycles. The molecule has 1 spiro atoms. The van der Waals surface area contributed by atoms with Gasteiger partial charge in [0, 0.05) is 19.1 Å². The smallest absolute Gasteiger partial charge is 0.0992 e. The summed E-state index contributed by atoms with van der Waals surface area (Å²) in [5.74, 6) is 1.46. The third-order valence-electron chi connectivity index (χ3n) is 4.78. The predicted octanol–water partition coefficient (Wildman–Crippen LogP) is 1.10. The zero-order valence-corrected chi connectivity index (χ0v) is 10.5. The number of nitrogens with one attached hydrogen (secondary N) is 1. The molecule has 2 bridgehead atoms. The molecule has 4 aliphatic rings. The maximum absolute atomic E-state index is 6.31. The second-order valence-corrected chi connectivity index (χ2v) is 6.03. The quantitative estimate of drug-likeness (QED) is 0.722. The van der Waals surface area contributed by atoms with E-state index in [9.17, 15) is 0 Å². The van der Waals surface area contributed by atoms with Crippen LogP contribution in [0, 0.1) is 11.8 Å². The summed E-state index contributed by atoms with van der Waals surface area (Å²) in [6, 6.07) is 0.550. The van der Waals surface area contributed by atoms with Gasteiger partial charge in [0.25, 0.3) is 0 Å². The van der Waals surface area contributed by atoms with Crippen molar-refractivity contribution >= 4 is 0 Å². The average Bonchev–Trinajstić information content (AvgIpc) is 2.30. The van der Waals surface area contributed by atoms with Gasteiger partial charge >= 0.3 is 0 Å². The molecule has 0 aromatic heterocycles. The van der Waals surface area contributed by atoms with Crippen molar-refractivity contribution < 1.29 is 4.74 Å². The lowest BCUT2D eigenvalue weighted by molar-refractivity contribution is -0.193. The van der Waals surface area contributed by atoms with Gasteiger partial charge in [-0.1, -0.05) is 13.8 Å². The first-order valence-corrected chi connectivity index (χ1v) is 6.82. The Morgan fingerprint density at radius 1 is 1.31 bits per heavy atom. The average molecular weight is 224 g/mol. The van der Waals surface area contributed by atoms with Crippen LogP contribution in [0.25, 0.3) is 0 Å². The SMILES string of the molecule is CC(C)C1NCCOC12CN1CCC2CC1. The van der Waals surface area contributed by atoms with E-state index >= 15 is 0 Å². The summed E-state index contributed by atoms with van der Waals surface area (Å²) in [5, 5.41) is 3.71. The number of hydrogen-bond donors (Lipinski definition) is 1. The third kappa shape index (κ3) is 1.52. The Morgan fingerprint density at radius 2 is 2.06 bits per heavy atom. The fourth-order valence-corrected chi connectivity index (χ4v) is 4.09. The molecule has 0 radical (unpaired) electrons. The standard InChI is InChI=1S/C13H24N2O/c1-10(2)12-13(16-8-5-14-12)9-15-6-3-11(13)4-7-15/h10-12,14H,3-9H2,1-2H3. The Morgan fingerprint density at radius 3 is 2.62 bits per heavy atom. The van der Waals surface area contributed by atoms with Gasteiger partial charge in [-0.05, 0) is 37.8 Å². The van der Waals surface area contributed by atoms with Gasteiger partial charge in [0.2, 0.25) is 0 Å². The van der Waals surface area contributed by atoms with Crippen LogP contribution in [0.15, 0.2) is 0 Å². The molecule has 0 aromatic rings. The van der Waals surface area contributed by atoms with E-state index in [0.717, 1.165) is 25.6 Å². The minimum absolute atomic E-state index is 0.128. The lowest BCUT2D eigenvalue weighted by atomic mass is 9.68. The zero-order valence-electron chi connectivity index (χ0n) is 10.5. The molecule has 0 amide bonds. The molecule has 2 unspecified atom stereocenters. The molecule has 0 aliphatic carbocycles. The number of rotatable bonds is 1. The second kappa shape index (κ2) is 3.97. The molecule has 0 aromatic carbocycles. The zero-order chi connectivity index (χ0) is 11.2. The summed E-state index contributed by atoms with van der Waals surface area (Å²) >= 11 is 0. The van der Waals surface area contributed by atoms with Gasteiger partial charge < -0.3 is 15.0 Å². The van der Waals surface area contributed by atoms with Gasteiger partial charge in [-0.3, -0.25) is 0 Å². The maximum Gasteiger partial charge on any atom is 0.0992 e. The van der Waals surface area contributed by atoms with Gasteiger partial charge in [0.1, 0.15) is 0 Å². The largest absolute Gasteiger partial charge is 0.370 e. The van der Waals surface area contributed by atoms with Crippen LogP contribution < -0.4 is 5.32 Å². The van der Waals surface area contributed by atoms with Crippen LogP contribution in [-0.2, 0) is 4.74 Å². The Hall–Kier alpha value is -0.120. The van der Waals surface area contributed by atoms with E-state index < -0.39 is 0 Å². The number of piperidine rings is 3. The summed E-state index contributed by atoms with van der Waals surface area (Å²) in [6.07, 6.45) is 2.68. The van der Waals surface area contributed by atoms with Crippen LogP contribution in [0.1, 0.15) is 26.7 Å². The summed E-state index contributed by atoms with van der Waals surface area (Å²) in [5.41, 5.74) is 0.128. The van der Waals surface area contributed by atoms with Crippen LogP contribution in [-0.4, -0.2) is 49.3 Å². The first-order valence-electron chi connectivity index (χ1n) is 6.82. The molecule has 4 rings (SSSR count). The molecule has 4 fully saturated rings. The van der Waals surface area contributed by atoms with E-state index in [2.05, 4.69) is 24.1 Å². The highest BCUT2D eigenvalue weighted by Gasteiger charge is 2.54. The summed E-state index contributed by atoms with van der Waals surface area (Å²) < 4.78 is 6.31. The molecule has 4 saturated heterocycles. The lowest BCUT2D eigenvalue weighted by Crippen LogP contribution is -2.72. The Bertz CT molecular complexity index is 261. The van der Waals surface area contributed by atoms with Crippen LogP contribution in [0.4, 0.5) is 0 Å². The van der Waals surface area contributed by atoms with Gasteiger partial charge in [-0.2, -0.15) is 0 Å². The number of nitrogens with zero attached hydrogens (tertiary/aromatic N) is 1. The van der Waals surface area contributed by atoms with Gasteiger partial charge in [-0.25, -0.2) is 0 Å². The molecule has 3 nitrogen and oxygen atoms in total. The summed E-state index contributed by atoms with van der Waals surface area (Å²) in [6.45, 7) is 10.3. The highest BCUT2D eigenvalue weighted by Crippen LogP contribution is 2.43. The summed E-state index contributed by atoms with van der Waals surface area (Å²) in [7, 11) is 0. The Kier molecular flexibility index (Phi) is 2.73. The van der Waals surface area contributed by atoms with Gasteiger partial charge in [-0.15, -0.1) is 0 Å². The van der Waals surface area contributed by atoms with Crippen molar-refractivity contribution in [1.29, 1.82) is 0 Å². The fourth-order valence-electron chi connectivity index (χ4n) is 4.09. The second-order valence-electron chi connectivity index (χ2n) is 6.03. The first kappa shape index (κ1) is 11.0. The van der Waals surface area contributed by atoms with E-state index in [1.54, 1.807) is 0 Å². The van der Waals surface area contributed by atoms with Crippen LogP contribution in [0.2, 0.25) is 0 Å². The molecule has 1 N–H and O–H groups in total. The normalized spacial score (nSPS) is 47.8. The Balaban J connectivity index is 1.88. The highest BCUT2D eigenvalue weighted by molar-refractivity contribution is 5.08. The van der Waals surface area contributed by atoms with E-state index in [-0.39, 0.29) is 5.60 Å². The molecule has 16 heavy (non-hydrogen) atoms. The monoisotopic (exact) mass is 224 g/mol. The minimum atomic E-state index is 0.128. The van der Waals surface area contributed by atoms with Crippen LogP contribution in [0.3, 0.4) is 0 Å². The van der Waals surface area contributed by atoms with E-state index in [1.807, 2.05) is 0 Å². The van der Waals surface area contributed by atoms with Crippen LogP contribution in [0.5, 0.6) is 0 Å². The molecule has 92 valence electrons. The van der Waals surface area contributed by atoms with E-state index in [4.69, 9.17) is 4.74 Å². The van der Waals surface area contributed by atoms with Crippen LogP contribution >= 0.6 is 0 Å². The minimum Gasteiger partial charge on any atom is -0.370 e. The molecule has 4 heterocycles. The van der Waals surface area contributed by atoms with Crippen molar-refractivity contribution in [2.45, 2.75) is 38.3 Å². The number of fused-ring (bicyclic) bond motifs is 2. The topological polar surface area (TPSA) is 24.5 Å². The Labute approximate surface area is 98.5 Å². The third-order valence-corrected chi connectivity index (χ3v) is 4.78. The molecule has 0 saturated carbocycles. The maximum atomic E-state index is 6.31. The molecular formula is C13H24N2O. The van der Waals surface area contributed by atoms with Gasteiger partial charge in [0.05, 0.1) is 12.2 Å². The van der Waals surface area contributed by atoms with Crippen molar-refractivity contribution in [2.24, 2.45) is 11.8 Å². The predicted molar refractivity (Wildman–Crippen MR) is 64.5 cm³/mol. The number of ether oxygens (including phenoxy) is 1. The number of hydrogen-bond acceptors (Lipinski definition) is 3. The van der Waals surface area contributed by atoms with Crippen molar-refractivity contribution in [3.8, 4) is 0 Å². The van der Waals surface area contributed by atoms with E-state index in [1.165, 1.54) is 25.9 Å². The summed E-state index contributed by atoms with van der Waals surface area (Å²) in [4.78, 5) is 2.60. The lowest BCUT2D eigenvalue weighted by Gasteiger charge is -2.58. The van der Waals surface area contributed by atoms with Gasteiger partial charge in [0.15, 0.2) is 0 Å². The highest BCUT2D eigenvalue weighted by atomic mass is 16.5.